The van der Waals surface area contributed by atoms with Crippen molar-refractivity contribution in [3.8, 4) is 0 Å². The highest BCUT2D eigenvalue weighted by molar-refractivity contribution is 5.84. The molecule has 4 nitrogen and oxygen atoms in total. The molecule has 1 aliphatic heterocycles. The van der Waals surface area contributed by atoms with Crippen LogP contribution in [0.1, 0.15) is 47.5 Å². The minimum atomic E-state index is 0.146. The maximum atomic E-state index is 12.8. The topological polar surface area (TPSA) is 49.6 Å². The maximum absolute atomic E-state index is 12.8. The van der Waals surface area contributed by atoms with Crippen LogP contribution in [-0.2, 0) is 4.79 Å². The lowest BCUT2D eigenvalue weighted by atomic mass is 10.0. The van der Waals surface area contributed by atoms with Crippen LogP contribution in [0.2, 0.25) is 0 Å². The van der Waals surface area contributed by atoms with E-state index in [1.807, 2.05) is 0 Å². The first-order chi connectivity index (χ1) is 9.77. The van der Waals surface area contributed by atoms with Crippen LogP contribution in [0.3, 0.4) is 0 Å². The van der Waals surface area contributed by atoms with Crippen molar-refractivity contribution in [3.63, 3.8) is 0 Å². The van der Waals surface area contributed by atoms with E-state index < -0.39 is 0 Å². The molecule has 1 aliphatic carbocycles. The van der Waals surface area contributed by atoms with Crippen LogP contribution in [0.5, 0.6) is 0 Å². The van der Waals surface area contributed by atoms with Crippen LogP contribution in [0, 0.1) is 16.7 Å². The summed E-state index contributed by atoms with van der Waals surface area (Å²) in [4.78, 5) is 17.4. The lowest BCUT2D eigenvalue weighted by molar-refractivity contribution is -0.136. The molecular formula is C17H33N3O. The van der Waals surface area contributed by atoms with Gasteiger partial charge in [0.05, 0.1) is 0 Å². The summed E-state index contributed by atoms with van der Waals surface area (Å²) >= 11 is 0. The molecule has 0 aromatic carbocycles. The molecule has 1 saturated carbocycles. The van der Waals surface area contributed by atoms with E-state index >= 15 is 0 Å². The van der Waals surface area contributed by atoms with Crippen molar-refractivity contribution in [1.82, 2.24) is 9.80 Å². The number of nitrogens with zero attached hydrogens (tertiary/aromatic N) is 2. The highest BCUT2D eigenvalue weighted by Gasteiger charge is 2.68. The third kappa shape index (κ3) is 2.85. The summed E-state index contributed by atoms with van der Waals surface area (Å²) in [6.45, 7) is 15.6. The Kier molecular flexibility index (Phi) is 4.69. The Morgan fingerprint density at radius 2 is 1.67 bits per heavy atom. The average molecular weight is 295 g/mol. The van der Waals surface area contributed by atoms with Crippen molar-refractivity contribution < 1.29 is 4.79 Å². The molecule has 0 spiro atoms. The summed E-state index contributed by atoms with van der Waals surface area (Å²) in [7, 11) is 0. The summed E-state index contributed by atoms with van der Waals surface area (Å²) in [5.41, 5.74) is 5.99. The summed E-state index contributed by atoms with van der Waals surface area (Å²) < 4.78 is 0. The molecule has 1 unspecified atom stereocenters. The van der Waals surface area contributed by atoms with Gasteiger partial charge in [0.2, 0.25) is 5.91 Å². The molecule has 1 saturated heterocycles. The molecule has 2 fully saturated rings. The summed E-state index contributed by atoms with van der Waals surface area (Å²) in [5.74, 6) is 0.569. The van der Waals surface area contributed by atoms with Crippen LogP contribution in [0.25, 0.3) is 0 Å². The third-order valence-electron chi connectivity index (χ3n) is 6.38. The fourth-order valence-electron chi connectivity index (χ4n) is 4.14. The second-order valence-electron chi connectivity index (χ2n) is 7.88. The van der Waals surface area contributed by atoms with E-state index in [9.17, 15) is 4.79 Å². The van der Waals surface area contributed by atoms with Crippen LogP contribution >= 0.6 is 0 Å². The summed E-state index contributed by atoms with van der Waals surface area (Å²) in [5, 5.41) is 0. The van der Waals surface area contributed by atoms with Crippen molar-refractivity contribution in [1.29, 1.82) is 0 Å². The molecule has 4 heteroatoms. The van der Waals surface area contributed by atoms with E-state index in [1.54, 1.807) is 0 Å². The van der Waals surface area contributed by atoms with E-state index in [0.717, 1.165) is 45.6 Å². The van der Waals surface area contributed by atoms with Gasteiger partial charge in [-0.05, 0) is 30.2 Å². The van der Waals surface area contributed by atoms with Gasteiger partial charge < -0.3 is 10.6 Å². The number of piperazine rings is 1. The zero-order valence-electron chi connectivity index (χ0n) is 14.5. The first-order valence-corrected chi connectivity index (χ1v) is 8.50. The van der Waals surface area contributed by atoms with E-state index in [1.165, 1.54) is 0 Å². The van der Waals surface area contributed by atoms with E-state index in [-0.39, 0.29) is 16.7 Å². The van der Waals surface area contributed by atoms with Gasteiger partial charge in [-0.2, -0.15) is 0 Å². The molecule has 0 aromatic rings. The first kappa shape index (κ1) is 16.8. The van der Waals surface area contributed by atoms with Crippen molar-refractivity contribution in [3.05, 3.63) is 0 Å². The van der Waals surface area contributed by atoms with E-state index in [4.69, 9.17) is 5.73 Å². The van der Waals surface area contributed by atoms with Crippen LogP contribution in [0.15, 0.2) is 0 Å². The zero-order chi connectivity index (χ0) is 15.8. The van der Waals surface area contributed by atoms with E-state index in [2.05, 4.69) is 44.4 Å². The number of carbonyl (C=O) groups excluding carboxylic acids is 1. The molecule has 0 bridgehead atoms. The minimum absolute atomic E-state index is 0.146. The SMILES string of the molecule is CCC(CCN)N1CCN(C(=O)C2C(C)(C)C2(C)C)CC1. The van der Waals surface area contributed by atoms with Crippen LogP contribution in [-0.4, -0.2) is 54.5 Å². The van der Waals surface area contributed by atoms with Gasteiger partial charge in [-0.15, -0.1) is 0 Å². The Morgan fingerprint density at radius 3 is 2.05 bits per heavy atom. The largest absolute Gasteiger partial charge is 0.340 e. The smallest absolute Gasteiger partial charge is 0.226 e. The maximum Gasteiger partial charge on any atom is 0.226 e. The lowest BCUT2D eigenvalue weighted by Gasteiger charge is -2.39. The fourth-order valence-corrected chi connectivity index (χ4v) is 4.14. The van der Waals surface area contributed by atoms with Gasteiger partial charge in [0.1, 0.15) is 0 Å². The zero-order valence-corrected chi connectivity index (χ0v) is 14.5. The molecule has 0 radical (unpaired) electrons. The molecule has 1 heterocycles. The first-order valence-electron chi connectivity index (χ1n) is 8.50. The quantitative estimate of drug-likeness (QED) is 0.843. The lowest BCUT2D eigenvalue weighted by Crippen LogP contribution is -2.52. The van der Waals surface area contributed by atoms with Crippen LogP contribution < -0.4 is 5.73 Å². The Labute approximate surface area is 130 Å². The number of hydrogen-bond acceptors (Lipinski definition) is 3. The Balaban J connectivity index is 1.89. The van der Waals surface area contributed by atoms with Crippen molar-refractivity contribution >= 4 is 5.91 Å². The van der Waals surface area contributed by atoms with Gasteiger partial charge in [0, 0.05) is 38.1 Å². The number of nitrogens with two attached hydrogens (primary N) is 1. The van der Waals surface area contributed by atoms with Crippen molar-refractivity contribution in [2.45, 2.75) is 53.5 Å². The summed E-state index contributed by atoms with van der Waals surface area (Å²) in [6.07, 6.45) is 2.21. The molecule has 2 aliphatic rings. The predicted molar refractivity (Wildman–Crippen MR) is 87.0 cm³/mol. The standard InChI is InChI=1S/C17H33N3O/c1-6-13(7-8-18)19-9-11-20(12-10-19)15(21)14-16(2,3)17(14,4)5/h13-14H,6-12,18H2,1-5H3. The Bertz CT molecular complexity index is 369. The molecule has 21 heavy (non-hydrogen) atoms. The second-order valence-corrected chi connectivity index (χ2v) is 7.88. The number of carbonyl (C=O) groups is 1. The molecule has 2 rings (SSSR count). The van der Waals surface area contributed by atoms with Gasteiger partial charge >= 0.3 is 0 Å². The highest BCUT2D eigenvalue weighted by atomic mass is 16.2. The predicted octanol–water partition coefficient (Wildman–Crippen LogP) is 1.94. The molecule has 0 aromatic heterocycles. The normalized spacial score (nSPS) is 26.7. The average Bonchev–Trinajstić information content (AvgIpc) is 2.85. The Morgan fingerprint density at radius 1 is 1.14 bits per heavy atom. The summed E-state index contributed by atoms with van der Waals surface area (Å²) in [6, 6.07) is 0.584. The third-order valence-corrected chi connectivity index (χ3v) is 6.38. The Hall–Kier alpha value is -0.610. The fraction of sp³-hybridized carbons (Fsp3) is 0.941. The van der Waals surface area contributed by atoms with Gasteiger partial charge in [-0.1, -0.05) is 34.6 Å². The van der Waals surface area contributed by atoms with Gasteiger partial charge in [-0.3, -0.25) is 9.69 Å². The molecular weight excluding hydrogens is 262 g/mol. The van der Waals surface area contributed by atoms with Gasteiger partial charge in [-0.25, -0.2) is 0 Å². The highest BCUT2D eigenvalue weighted by Crippen LogP contribution is 2.68. The number of hydrogen-bond donors (Lipinski definition) is 1. The van der Waals surface area contributed by atoms with Crippen molar-refractivity contribution in [2.24, 2.45) is 22.5 Å². The molecule has 122 valence electrons. The van der Waals surface area contributed by atoms with E-state index in [0.29, 0.717) is 11.9 Å². The van der Waals surface area contributed by atoms with Crippen molar-refractivity contribution in [2.75, 3.05) is 32.7 Å². The monoisotopic (exact) mass is 295 g/mol. The van der Waals surface area contributed by atoms with Gasteiger partial charge in [0.25, 0.3) is 0 Å². The number of amides is 1. The van der Waals surface area contributed by atoms with Crippen LogP contribution in [0.4, 0.5) is 0 Å². The second kappa shape index (κ2) is 5.88. The molecule has 1 atom stereocenters. The number of rotatable bonds is 5. The minimum Gasteiger partial charge on any atom is -0.340 e. The molecule has 2 N–H and O–H groups in total. The van der Waals surface area contributed by atoms with Gasteiger partial charge in [0.15, 0.2) is 0 Å². The molecule has 1 amide bonds.